The number of nitrogens with one attached hydrogen (secondary N) is 1. The van der Waals surface area contributed by atoms with Gasteiger partial charge in [0, 0.05) is 12.6 Å². The lowest BCUT2D eigenvalue weighted by Crippen LogP contribution is -2.47. The highest BCUT2D eigenvalue weighted by molar-refractivity contribution is 7.08. The van der Waals surface area contributed by atoms with E-state index in [1.54, 1.807) is 22.3 Å². The lowest BCUT2D eigenvalue weighted by molar-refractivity contribution is -0.127. The van der Waals surface area contributed by atoms with Crippen LogP contribution in [-0.4, -0.2) is 40.9 Å². The van der Waals surface area contributed by atoms with Gasteiger partial charge in [0.05, 0.1) is 23.9 Å². The van der Waals surface area contributed by atoms with Crippen LogP contribution in [0.5, 0.6) is 0 Å². The van der Waals surface area contributed by atoms with Crippen molar-refractivity contribution in [2.45, 2.75) is 32.4 Å². The highest BCUT2D eigenvalue weighted by Crippen LogP contribution is 2.37. The van der Waals surface area contributed by atoms with Crippen molar-refractivity contribution in [2.24, 2.45) is 0 Å². The van der Waals surface area contributed by atoms with Gasteiger partial charge in [-0.2, -0.15) is 11.3 Å². The van der Waals surface area contributed by atoms with E-state index in [1.165, 1.54) is 0 Å². The second-order valence-corrected chi connectivity index (χ2v) is 6.67. The van der Waals surface area contributed by atoms with Gasteiger partial charge in [0.25, 0.3) is 5.91 Å². The molecule has 0 bridgehead atoms. The van der Waals surface area contributed by atoms with Crippen LogP contribution in [0.4, 0.5) is 4.79 Å². The van der Waals surface area contributed by atoms with Gasteiger partial charge in [0.2, 0.25) is 0 Å². The molecule has 0 aliphatic carbocycles. The van der Waals surface area contributed by atoms with Gasteiger partial charge < -0.3 is 10.2 Å². The molecular formula is C17H21N3O2S. The molecule has 0 aromatic carbocycles. The molecule has 2 aliphatic heterocycles. The van der Waals surface area contributed by atoms with E-state index in [0.29, 0.717) is 18.7 Å². The molecule has 1 N–H and O–H groups in total. The minimum absolute atomic E-state index is 0.0274. The van der Waals surface area contributed by atoms with Gasteiger partial charge in [0.1, 0.15) is 0 Å². The largest absolute Gasteiger partial charge is 0.330 e. The van der Waals surface area contributed by atoms with Gasteiger partial charge in [0.15, 0.2) is 0 Å². The maximum Gasteiger partial charge on any atom is 0.322 e. The molecular weight excluding hydrogens is 310 g/mol. The van der Waals surface area contributed by atoms with Crippen LogP contribution in [0.25, 0.3) is 0 Å². The van der Waals surface area contributed by atoms with E-state index >= 15 is 0 Å². The van der Waals surface area contributed by atoms with Crippen molar-refractivity contribution in [3.63, 3.8) is 0 Å². The monoisotopic (exact) mass is 331 g/mol. The van der Waals surface area contributed by atoms with Crippen molar-refractivity contribution in [1.29, 1.82) is 0 Å². The number of hydrogen-bond acceptors (Lipinski definition) is 3. The molecule has 122 valence electrons. The fraction of sp³-hybridized carbons (Fsp3) is 0.412. The number of hydrogen-bond donors (Lipinski definition) is 1. The average molecular weight is 331 g/mol. The first kappa shape index (κ1) is 15.8. The summed E-state index contributed by atoms with van der Waals surface area (Å²) in [6, 6.07) is 1.59. The number of urea groups is 1. The third-order valence-electron chi connectivity index (χ3n) is 4.56. The zero-order valence-electron chi connectivity index (χ0n) is 13.4. The molecule has 3 amide bonds. The van der Waals surface area contributed by atoms with Crippen molar-refractivity contribution in [3.05, 3.63) is 46.3 Å². The average Bonchev–Trinajstić information content (AvgIpc) is 3.18. The molecule has 0 saturated heterocycles. The maximum atomic E-state index is 13.0. The van der Waals surface area contributed by atoms with Crippen LogP contribution in [0.3, 0.4) is 0 Å². The Morgan fingerprint density at radius 1 is 1.52 bits per heavy atom. The fourth-order valence-electron chi connectivity index (χ4n) is 3.10. The first-order valence-electron chi connectivity index (χ1n) is 7.83. The number of amides is 3. The molecule has 0 unspecified atom stereocenters. The van der Waals surface area contributed by atoms with Crippen molar-refractivity contribution in [3.8, 4) is 0 Å². The molecule has 6 heteroatoms. The second-order valence-electron chi connectivity index (χ2n) is 5.89. The van der Waals surface area contributed by atoms with Crippen LogP contribution < -0.4 is 5.32 Å². The highest BCUT2D eigenvalue weighted by atomic mass is 32.1. The van der Waals surface area contributed by atoms with E-state index in [0.717, 1.165) is 17.7 Å². The Morgan fingerprint density at radius 3 is 2.91 bits per heavy atom. The van der Waals surface area contributed by atoms with Gasteiger partial charge >= 0.3 is 6.03 Å². The van der Waals surface area contributed by atoms with Crippen LogP contribution in [-0.2, 0) is 4.79 Å². The third-order valence-corrected chi connectivity index (χ3v) is 5.26. The van der Waals surface area contributed by atoms with Gasteiger partial charge in [-0.05, 0) is 35.7 Å². The van der Waals surface area contributed by atoms with E-state index in [1.807, 2.05) is 28.7 Å². The Balaban J connectivity index is 2.04. The molecule has 2 aliphatic rings. The SMILES string of the molecule is C=CCN1C(=O)N[C@H](c2ccsc2)C2=C1CN([C@H](C)CC)C2=O. The number of thiophene rings is 1. The van der Waals surface area contributed by atoms with E-state index in [-0.39, 0.29) is 24.0 Å². The lowest BCUT2D eigenvalue weighted by Gasteiger charge is -2.32. The van der Waals surface area contributed by atoms with E-state index in [4.69, 9.17) is 0 Å². The Bertz CT molecular complexity index is 665. The first-order valence-corrected chi connectivity index (χ1v) is 8.77. The zero-order valence-corrected chi connectivity index (χ0v) is 14.2. The number of carbonyl (C=O) groups is 2. The summed E-state index contributed by atoms with van der Waals surface area (Å²) in [6.45, 7) is 8.73. The number of nitrogens with zero attached hydrogens (tertiary/aromatic N) is 2. The molecule has 1 aromatic rings. The minimum Gasteiger partial charge on any atom is -0.330 e. The van der Waals surface area contributed by atoms with E-state index in [2.05, 4.69) is 18.8 Å². The summed E-state index contributed by atoms with van der Waals surface area (Å²) in [5.74, 6) is 0.0274. The molecule has 0 saturated carbocycles. The molecule has 1 aromatic heterocycles. The zero-order chi connectivity index (χ0) is 16.6. The summed E-state index contributed by atoms with van der Waals surface area (Å²) in [6.07, 6.45) is 2.57. The van der Waals surface area contributed by atoms with Crippen molar-refractivity contribution >= 4 is 23.3 Å². The van der Waals surface area contributed by atoms with E-state index in [9.17, 15) is 9.59 Å². The van der Waals surface area contributed by atoms with Gasteiger partial charge in [-0.25, -0.2) is 4.79 Å². The summed E-state index contributed by atoms with van der Waals surface area (Å²) in [5, 5.41) is 6.92. The summed E-state index contributed by atoms with van der Waals surface area (Å²) in [4.78, 5) is 29.0. The summed E-state index contributed by atoms with van der Waals surface area (Å²) in [7, 11) is 0. The normalized spacial score (nSPS) is 22.3. The molecule has 2 atom stereocenters. The Hall–Kier alpha value is -2.08. The predicted molar refractivity (Wildman–Crippen MR) is 91.0 cm³/mol. The molecule has 3 rings (SSSR count). The van der Waals surface area contributed by atoms with Crippen molar-refractivity contribution in [1.82, 2.24) is 15.1 Å². The molecule has 0 fully saturated rings. The second kappa shape index (κ2) is 6.20. The number of rotatable bonds is 5. The molecule has 23 heavy (non-hydrogen) atoms. The third kappa shape index (κ3) is 2.57. The first-order chi connectivity index (χ1) is 11.1. The smallest absolute Gasteiger partial charge is 0.322 e. The molecule has 0 radical (unpaired) electrons. The summed E-state index contributed by atoms with van der Waals surface area (Å²) in [5.41, 5.74) is 2.48. The maximum absolute atomic E-state index is 13.0. The quantitative estimate of drug-likeness (QED) is 0.844. The van der Waals surface area contributed by atoms with Gasteiger partial charge in [-0.15, -0.1) is 6.58 Å². The Labute approximate surface area is 140 Å². The minimum atomic E-state index is -0.355. The Morgan fingerprint density at radius 2 is 2.30 bits per heavy atom. The van der Waals surface area contributed by atoms with Crippen molar-refractivity contribution in [2.75, 3.05) is 13.1 Å². The van der Waals surface area contributed by atoms with Crippen LogP contribution in [0.15, 0.2) is 40.8 Å². The fourth-order valence-corrected chi connectivity index (χ4v) is 3.79. The standard InChI is InChI=1S/C17H21N3O2S/c1-4-7-19-13-9-20(11(3)5-2)16(21)14(13)15(18-17(19)22)12-6-8-23-10-12/h4,6,8,10-11,15H,1,5,7,9H2,2-3H3,(H,18,22)/t11-,15-/m1/s1. The van der Waals surface area contributed by atoms with Gasteiger partial charge in [-0.1, -0.05) is 13.0 Å². The van der Waals surface area contributed by atoms with Crippen LogP contribution in [0.2, 0.25) is 0 Å². The van der Waals surface area contributed by atoms with Crippen LogP contribution in [0.1, 0.15) is 31.9 Å². The summed E-state index contributed by atoms with van der Waals surface area (Å²) >= 11 is 1.56. The molecule has 0 spiro atoms. The predicted octanol–water partition coefficient (Wildman–Crippen LogP) is 2.90. The van der Waals surface area contributed by atoms with Crippen LogP contribution >= 0.6 is 11.3 Å². The molecule has 5 nitrogen and oxygen atoms in total. The summed E-state index contributed by atoms with van der Waals surface area (Å²) < 4.78 is 0. The number of carbonyl (C=O) groups excluding carboxylic acids is 2. The van der Waals surface area contributed by atoms with E-state index < -0.39 is 0 Å². The van der Waals surface area contributed by atoms with Crippen molar-refractivity contribution < 1.29 is 9.59 Å². The van der Waals surface area contributed by atoms with Gasteiger partial charge in [-0.3, -0.25) is 9.69 Å². The lowest BCUT2D eigenvalue weighted by atomic mass is 9.98. The van der Waals surface area contributed by atoms with Crippen LogP contribution in [0, 0.1) is 0 Å². The highest BCUT2D eigenvalue weighted by Gasteiger charge is 2.44. The molecule has 3 heterocycles. The topological polar surface area (TPSA) is 52.7 Å². The Kier molecular flexibility index (Phi) is 4.26.